The summed E-state index contributed by atoms with van der Waals surface area (Å²) in [5.41, 5.74) is 1.95. The van der Waals surface area contributed by atoms with Crippen LogP contribution in [0.2, 0.25) is 5.15 Å². The first-order chi connectivity index (χ1) is 8.09. The van der Waals surface area contributed by atoms with Gasteiger partial charge in [-0.1, -0.05) is 23.7 Å². The predicted molar refractivity (Wildman–Crippen MR) is 70.6 cm³/mol. The molecule has 0 aliphatic heterocycles. The third-order valence-electron chi connectivity index (χ3n) is 2.51. The number of aryl methyl sites for hydroxylation is 2. The molecule has 90 valence electrons. The molecule has 0 amide bonds. The van der Waals surface area contributed by atoms with Crippen molar-refractivity contribution < 1.29 is 5.11 Å². The summed E-state index contributed by atoms with van der Waals surface area (Å²) >= 11 is 7.70. The van der Waals surface area contributed by atoms with Gasteiger partial charge >= 0.3 is 0 Å². The lowest BCUT2D eigenvalue weighted by molar-refractivity contribution is 0.462. The Hall–Kier alpha value is -1.13. The Balaban J connectivity index is 2.15. The molecule has 0 atom stereocenters. The fraction of sp³-hybridized carbons (Fsp3) is 0.250. The number of hydrogen-bond acceptors (Lipinski definition) is 3. The summed E-state index contributed by atoms with van der Waals surface area (Å²) in [7, 11) is 1.82. The van der Waals surface area contributed by atoms with Crippen LogP contribution in [0, 0.1) is 6.92 Å². The Morgan fingerprint density at radius 2 is 2.12 bits per heavy atom. The van der Waals surface area contributed by atoms with Gasteiger partial charge in [0.2, 0.25) is 0 Å². The molecule has 0 fully saturated rings. The molecule has 0 aliphatic carbocycles. The molecule has 0 spiro atoms. The van der Waals surface area contributed by atoms with Gasteiger partial charge in [0.25, 0.3) is 0 Å². The summed E-state index contributed by atoms with van der Waals surface area (Å²) in [6, 6.07) is 7.28. The van der Waals surface area contributed by atoms with Crippen molar-refractivity contribution in [1.29, 1.82) is 0 Å². The van der Waals surface area contributed by atoms with Crippen LogP contribution in [0.1, 0.15) is 11.3 Å². The monoisotopic (exact) mass is 268 g/mol. The molecule has 0 saturated carbocycles. The Kier molecular flexibility index (Phi) is 3.64. The van der Waals surface area contributed by atoms with Crippen molar-refractivity contribution in [3.63, 3.8) is 0 Å². The molecule has 0 saturated heterocycles. The molecule has 17 heavy (non-hydrogen) atoms. The number of phenolic OH excluding ortho intramolecular Hbond substituents is 1. The van der Waals surface area contributed by atoms with Crippen LogP contribution in [0.15, 0.2) is 29.2 Å². The number of thioether (sulfide) groups is 1. The van der Waals surface area contributed by atoms with Crippen LogP contribution < -0.4 is 0 Å². The van der Waals surface area contributed by atoms with Crippen molar-refractivity contribution in [2.45, 2.75) is 17.6 Å². The molecule has 0 aliphatic rings. The van der Waals surface area contributed by atoms with Gasteiger partial charge in [-0.25, -0.2) is 0 Å². The molecule has 1 N–H and O–H groups in total. The minimum atomic E-state index is 0.301. The van der Waals surface area contributed by atoms with E-state index in [1.165, 1.54) is 0 Å². The Morgan fingerprint density at radius 3 is 2.71 bits per heavy atom. The summed E-state index contributed by atoms with van der Waals surface area (Å²) in [5, 5.41) is 14.6. The second-order valence-electron chi connectivity index (χ2n) is 3.73. The first-order valence-corrected chi connectivity index (χ1v) is 6.54. The SMILES string of the molecule is Cc1nn(C)c(Cl)c1CSc1ccccc1O. The molecule has 2 rings (SSSR count). The third-order valence-corrected chi connectivity index (χ3v) is 4.07. The van der Waals surface area contributed by atoms with Crippen molar-refractivity contribution in [2.75, 3.05) is 0 Å². The average Bonchev–Trinajstić information content (AvgIpc) is 2.53. The fourth-order valence-corrected chi connectivity index (χ4v) is 2.92. The molecule has 1 aromatic heterocycles. The maximum absolute atomic E-state index is 9.66. The zero-order valence-corrected chi connectivity index (χ0v) is 11.2. The lowest BCUT2D eigenvalue weighted by Crippen LogP contribution is -1.89. The highest BCUT2D eigenvalue weighted by Crippen LogP contribution is 2.33. The zero-order valence-electron chi connectivity index (χ0n) is 9.64. The van der Waals surface area contributed by atoms with Gasteiger partial charge in [-0.2, -0.15) is 5.10 Å². The first kappa shape index (κ1) is 12.3. The topological polar surface area (TPSA) is 38.0 Å². The van der Waals surface area contributed by atoms with Crippen molar-refractivity contribution in [3.05, 3.63) is 40.7 Å². The van der Waals surface area contributed by atoms with Crippen LogP contribution in [0.25, 0.3) is 0 Å². The number of aromatic nitrogens is 2. The van der Waals surface area contributed by atoms with E-state index in [0.717, 1.165) is 16.2 Å². The summed E-state index contributed by atoms with van der Waals surface area (Å²) in [5.74, 6) is 1.01. The van der Waals surface area contributed by atoms with Gasteiger partial charge in [-0.3, -0.25) is 4.68 Å². The normalized spacial score (nSPS) is 10.8. The third kappa shape index (κ3) is 2.58. The van der Waals surface area contributed by atoms with E-state index in [2.05, 4.69) is 5.10 Å². The maximum atomic E-state index is 9.66. The van der Waals surface area contributed by atoms with Gasteiger partial charge in [0, 0.05) is 23.3 Å². The molecule has 0 unspecified atom stereocenters. The van der Waals surface area contributed by atoms with E-state index < -0.39 is 0 Å². The highest BCUT2D eigenvalue weighted by Gasteiger charge is 2.12. The van der Waals surface area contributed by atoms with Crippen molar-refractivity contribution in [2.24, 2.45) is 7.05 Å². The maximum Gasteiger partial charge on any atom is 0.131 e. The number of benzene rings is 1. The largest absolute Gasteiger partial charge is 0.507 e. The van der Waals surface area contributed by atoms with E-state index >= 15 is 0 Å². The van der Waals surface area contributed by atoms with Gasteiger partial charge in [-0.15, -0.1) is 11.8 Å². The molecule has 5 heteroatoms. The molecular formula is C12H13ClN2OS. The first-order valence-electron chi connectivity index (χ1n) is 5.18. The standard InChI is InChI=1S/C12H13ClN2OS/c1-8-9(12(13)15(2)14-8)7-17-11-6-4-3-5-10(11)16/h3-6,16H,7H2,1-2H3. The van der Waals surface area contributed by atoms with Crippen LogP contribution in [-0.4, -0.2) is 14.9 Å². The summed E-state index contributed by atoms with van der Waals surface area (Å²) in [6.07, 6.45) is 0. The van der Waals surface area contributed by atoms with E-state index in [1.54, 1.807) is 22.5 Å². The minimum absolute atomic E-state index is 0.301. The van der Waals surface area contributed by atoms with Gasteiger partial charge in [0.1, 0.15) is 10.9 Å². The molecule has 0 bridgehead atoms. The molecular weight excluding hydrogens is 256 g/mol. The van der Waals surface area contributed by atoms with E-state index in [1.807, 2.05) is 32.2 Å². The van der Waals surface area contributed by atoms with Crippen molar-refractivity contribution in [3.8, 4) is 5.75 Å². The molecule has 1 heterocycles. The predicted octanol–water partition coefficient (Wildman–Crippen LogP) is 3.38. The number of nitrogens with zero attached hydrogens (tertiary/aromatic N) is 2. The van der Waals surface area contributed by atoms with Crippen LogP contribution >= 0.6 is 23.4 Å². The second-order valence-corrected chi connectivity index (χ2v) is 5.11. The molecule has 1 aromatic carbocycles. The summed E-state index contributed by atoms with van der Waals surface area (Å²) < 4.78 is 1.66. The number of aromatic hydroxyl groups is 1. The van der Waals surface area contributed by atoms with Crippen molar-refractivity contribution >= 4 is 23.4 Å². The number of halogens is 1. The van der Waals surface area contributed by atoms with Crippen LogP contribution in [0.4, 0.5) is 0 Å². The zero-order chi connectivity index (χ0) is 12.4. The fourth-order valence-electron chi connectivity index (χ4n) is 1.57. The summed E-state index contributed by atoms with van der Waals surface area (Å²) in [6.45, 7) is 1.94. The van der Waals surface area contributed by atoms with Crippen LogP contribution in [-0.2, 0) is 12.8 Å². The molecule has 3 nitrogen and oxygen atoms in total. The average molecular weight is 269 g/mol. The quantitative estimate of drug-likeness (QED) is 0.868. The molecule has 0 radical (unpaired) electrons. The van der Waals surface area contributed by atoms with E-state index in [-0.39, 0.29) is 0 Å². The van der Waals surface area contributed by atoms with Gasteiger partial charge < -0.3 is 5.11 Å². The lowest BCUT2D eigenvalue weighted by atomic mass is 10.3. The number of rotatable bonds is 3. The minimum Gasteiger partial charge on any atom is -0.507 e. The number of para-hydroxylation sites is 1. The second kappa shape index (κ2) is 5.02. The van der Waals surface area contributed by atoms with Crippen LogP contribution in [0.3, 0.4) is 0 Å². The lowest BCUT2D eigenvalue weighted by Gasteiger charge is -2.03. The Labute approximate surface area is 109 Å². The number of phenols is 1. The Bertz CT molecular complexity index is 539. The van der Waals surface area contributed by atoms with Gasteiger partial charge in [-0.05, 0) is 19.1 Å². The molecule has 2 aromatic rings. The highest BCUT2D eigenvalue weighted by molar-refractivity contribution is 7.98. The number of hydrogen-bond donors (Lipinski definition) is 1. The summed E-state index contributed by atoms with van der Waals surface area (Å²) in [4.78, 5) is 0.854. The van der Waals surface area contributed by atoms with Crippen LogP contribution in [0.5, 0.6) is 5.75 Å². The van der Waals surface area contributed by atoms with E-state index in [4.69, 9.17) is 11.6 Å². The van der Waals surface area contributed by atoms with Crippen molar-refractivity contribution in [1.82, 2.24) is 9.78 Å². The van der Waals surface area contributed by atoms with Gasteiger partial charge in [0.15, 0.2) is 0 Å². The van der Waals surface area contributed by atoms with E-state index in [0.29, 0.717) is 16.7 Å². The van der Waals surface area contributed by atoms with Gasteiger partial charge in [0.05, 0.1) is 5.69 Å². The smallest absolute Gasteiger partial charge is 0.131 e. The Morgan fingerprint density at radius 1 is 1.41 bits per heavy atom. The highest BCUT2D eigenvalue weighted by atomic mass is 35.5. The van der Waals surface area contributed by atoms with E-state index in [9.17, 15) is 5.11 Å².